The maximum absolute atomic E-state index is 12.6. The van der Waals surface area contributed by atoms with Crippen molar-refractivity contribution in [2.75, 3.05) is 19.8 Å². The van der Waals surface area contributed by atoms with E-state index in [0.29, 0.717) is 30.0 Å². The van der Waals surface area contributed by atoms with Crippen molar-refractivity contribution in [1.82, 2.24) is 4.90 Å². The van der Waals surface area contributed by atoms with Crippen LogP contribution in [-0.4, -0.2) is 53.8 Å². The third kappa shape index (κ3) is 6.78. The van der Waals surface area contributed by atoms with Crippen LogP contribution in [-0.2, 0) is 9.53 Å². The quantitative estimate of drug-likeness (QED) is 0.250. The highest BCUT2D eigenvalue weighted by Gasteiger charge is 2.35. The van der Waals surface area contributed by atoms with Gasteiger partial charge in [-0.15, -0.1) is 0 Å². The van der Waals surface area contributed by atoms with Crippen LogP contribution in [0.2, 0.25) is 0 Å². The van der Waals surface area contributed by atoms with Gasteiger partial charge in [-0.05, 0) is 37.0 Å². The van der Waals surface area contributed by atoms with Crippen molar-refractivity contribution in [2.45, 2.75) is 52.4 Å². The van der Waals surface area contributed by atoms with Crippen molar-refractivity contribution in [3.8, 4) is 0 Å². The Morgan fingerprint density at radius 3 is 2.41 bits per heavy atom. The average Bonchev–Trinajstić information content (AvgIpc) is 2.94. The average molecular weight is 402 g/mol. The van der Waals surface area contributed by atoms with E-state index in [9.17, 15) is 14.4 Å². The first-order valence-corrected chi connectivity index (χ1v) is 10.3. The zero-order chi connectivity index (χ0) is 21.2. The highest BCUT2D eigenvalue weighted by Crippen LogP contribution is 2.27. The lowest BCUT2D eigenvalue weighted by atomic mass is 10.1. The molecule has 0 fully saturated rings. The fourth-order valence-electron chi connectivity index (χ4n) is 3.06. The van der Waals surface area contributed by atoms with Crippen molar-refractivity contribution in [2.24, 2.45) is 10.9 Å². The summed E-state index contributed by atoms with van der Waals surface area (Å²) in [6.07, 6.45) is 6.67. The van der Waals surface area contributed by atoms with Crippen molar-refractivity contribution >= 4 is 29.7 Å². The molecule has 0 spiro atoms. The number of imide groups is 1. The summed E-state index contributed by atoms with van der Waals surface area (Å²) in [7, 11) is 0. The van der Waals surface area contributed by atoms with Gasteiger partial charge < -0.3 is 9.84 Å². The zero-order valence-corrected chi connectivity index (χ0v) is 17.2. The number of ether oxygens (including phenoxy) is 1. The summed E-state index contributed by atoms with van der Waals surface area (Å²) in [6, 6.07) is 4.73. The van der Waals surface area contributed by atoms with Gasteiger partial charge in [0.05, 0.1) is 23.4 Å². The first-order valence-electron chi connectivity index (χ1n) is 10.3. The molecule has 0 unspecified atom stereocenters. The van der Waals surface area contributed by atoms with Crippen LogP contribution in [0, 0.1) is 5.92 Å². The van der Waals surface area contributed by atoms with Crippen molar-refractivity contribution in [3.63, 3.8) is 0 Å². The molecule has 158 valence electrons. The predicted molar refractivity (Wildman–Crippen MR) is 111 cm³/mol. The normalized spacial score (nSPS) is 13.6. The summed E-state index contributed by atoms with van der Waals surface area (Å²) in [5.41, 5.74) is 1.12. The number of amides is 2. The number of unbranched alkanes of at least 4 members (excludes halogenated alkanes) is 5. The number of aliphatic hydroxyl groups excluding tert-OH is 1. The Morgan fingerprint density at radius 2 is 1.72 bits per heavy atom. The van der Waals surface area contributed by atoms with Gasteiger partial charge in [0.15, 0.2) is 0 Å². The van der Waals surface area contributed by atoms with Crippen molar-refractivity contribution in [1.29, 1.82) is 0 Å². The smallest absolute Gasteiger partial charge is 0.349 e. The molecule has 2 rings (SSSR count). The second-order valence-electron chi connectivity index (χ2n) is 7.62. The van der Waals surface area contributed by atoms with Gasteiger partial charge in [0.1, 0.15) is 6.21 Å². The van der Waals surface area contributed by atoms with Crippen LogP contribution in [0.5, 0.6) is 0 Å². The summed E-state index contributed by atoms with van der Waals surface area (Å²) in [4.78, 5) is 42.1. The molecule has 1 aromatic carbocycles. The van der Waals surface area contributed by atoms with Crippen LogP contribution in [0.1, 0.15) is 73.1 Å². The van der Waals surface area contributed by atoms with Crippen LogP contribution in [0.3, 0.4) is 0 Å². The van der Waals surface area contributed by atoms with Gasteiger partial charge in [0, 0.05) is 13.2 Å². The van der Waals surface area contributed by atoms with Gasteiger partial charge in [-0.25, -0.2) is 9.79 Å². The number of hydrogen-bond acceptors (Lipinski definition) is 6. The first kappa shape index (κ1) is 22.7. The molecule has 2 amide bonds. The Morgan fingerprint density at radius 1 is 1.07 bits per heavy atom. The number of aliphatic hydroxyl groups is 1. The van der Waals surface area contributed by atoms with Crippen LogP contribution in [0.25, 0.3) is 0 Å². The Hall–Kier alpha value is -2.54. The SMILES string of the molecule is CC(C)COC(=O)/C=N/c1ccc2c(c1)C(=O)N(CCCCCCCCO)C2=O. The highest BCUT2D eigenvalue weighted by molar-refractivity contribution is 6.24. The summed E-state index contributed by atoms with van der Waals surface area (Å²) in [5, 5.41) is 8.77. The van der Waals surface area contributed by atoms with E-state index in [1.807, 2.05) is 13.8 Å². The summed E-state index contributed by atoms with van der Waals surface area (Å²) in [5.74, 6) is -0.897. The van der Waals surface area contributed by atoms with Gasteiger partial charge in [0.25, 0.3) is 11.8 Å². The van der Waals surface area contributed by atoms with Gasteiger partial charge in [-0.1, -0.05) is 39.5 Å². The molecule has 0 radical (unpaired) electrons. The van der Waals surface area contributed by atoms with Crippen LogP contribution in [0.15, 0.2) is 23.2 Å². The molecule has 1 aromatic rings. The lowest BCUT2D eigenvalue weighted by Gasteiger charge is -2.13. The number of carbonyl (C=O) groups is 3. The summed E-state index contributed by atoms with van der Waals surface area (Å²) in [6.45, 7) is 4.82. The molecule has 0 atom stereocenters. The van der Waals surface area contributed by atoms with E-state index in [4.69, 9.17) is 9.84 Å². The van der Waals surface area contributed by atoms with E-state index < -0.39 is 5.97 Å². The largest absolute Gasteiger partial charge is 0.461 e. The van der Waals surface area contributed by atoms with E-state index in [-0.39, 0.29) is 24.3 Å². The van der Waals surface area contributed by atoms with Gasteiger partial charge >= 0.3 is 5.97 Å². The fraction of sp³-hybridized carbons (Fsp3) is 0.545. The minimum Gasteiger partial charge on any atom is -0.461 e. The van der Waals surface area contributed by atoms with Gasteiger partial charge in [0.2, 0.25) is 0 Å². The number of esters is 1. The molecule has 0 bridgehead atoms. The Balaban J connectivity index is 1.89. The molecule has 29 heavy (non-hydrogen) atoms. The highest BCUT2D eigenvalue weighted by atomic mass is 16.5. The van der Waals surface area contributed by atoms with Gasteiger partial charge in [-0.3, -0.25) is 14.5 Å². The second-order valence-corrected chi connectivity index (χ2v) is 7.62. The van der Waals surface area contributed by atoms with E-state index in [1.165, 1.54) is 11.0 Å². The Labute approximate surface area is 171 Å². The molecule has 0 aromatic heterocycles. The fourth-order valence-corrected chi connectivity index (χ4v) is 3.06. The molecule has 0 saturated carbocycles. The van der Waals surface area contributed by atoms with E-state index in [0.717, 1.165) is 44.7 Å². The molecule has 7 nitrogen and oxygen atoms in total. The number of aliphatic imine (C=N–C) groups is 1. The Kier molecular flexibility index (Phi) is 8.99. The first-order chi connectivity index (χ1) is 13.9. The minimum atomic E-state index is -0.540. The standard InChI is InChI=1S/C22H30N2O5/c1-16(2)15-29-20(26)14-23-17-9-10-18-19(13-17)22(28)24(21(18)27)11-7-5-3-4-6-8-12-25/h9-10,13-14,16,25H,3-8,11-12,15H2,1-2H3/b23-14+. The number of rotatable bonds is 12. The second kappa shape index (κ2) is 11.5. The topological polar surface area (TPSA) is 96.3 Å². The number of hydrogen-bond donors (Lipinski definition) is 1. The third-order valence-electron chi connectivity index (χ3n) is 4.62. The lowest BCUT2D eigenvalue weighted by Crippen LogP contribution is -2.30. The van der Waals surface area contributed by atoms with E-state index in [1.54, 1.807) is 12.1 Å². The number of nitrogens with zero attached hydrogens (tertiary/aromatic N) is 2. The maximum Gasteiger partial charge on any atom is 0.349 e. The van der Waals surface area contributed by atoms with Crippen LogP contribution < -0.4 is 0 Å². The van der Waals surface area contributed by atoms with Gasteiger partial charge in [-0.2, -0.15) is 0 Å². The summed E-state index contributed by atoms with van der Waals surface area (Å²) < 4.78 is 5.03. The minimum absolute atomic E-state index is 0.222. The monoisotopic (exact) mass is 402 g/mol. The Bertz CT molecular complexity index is 758. The van der Waals surface area contributed by atoms with E-state index >= 15 is 0 Å². The molecule has 0 saturated heterocycles. The number of fused-ring (bicyclic) bond motifs is 1. The lowest BCUT2D eigenvalue weighted by molar-refractivity contribution is -0.136. The van der Waals surface area contributed by atoms with Crippen molar-refractivity contribution in [3.05, 3.63) is 29.3 Å². The maximum atomic E-state index is 12.6. The molecule has 1 aliphatic heterocycles. The molecule has 7 heteroatoms. The molecular formula is C22H30N2O5. The molecular weight excluding hydrogens is 372 g/mol. The molecule has 0 aliphatic carbocycles. The van der Waals surface area contributed by atoms with Crippen molar-refractivity contribution < 1.29 is 24.2 Å². The van der Waals surface area contributed by atoms with Crippen LogP contribution >= 0.6 is 0 Å². The summed E-state index contributed by atoms with van der Waals surface area (Å²) >= 11 is 0. The molecule has 1 N–H and O–H groups in total. The van der Waals surface area contributed by atoms with E-state index in [2.05, 4.69) is 4.99 Å². The zero-order valence-electron chi connectivity index (χ0n) is 17.2. The number of benzene rings is 1. The van der Waals surface area contributed by atoms with Crippen LogP contribution in [0.4, 0.5) is 5.69 Å². The number of carbonyl (C=O) groups excluding carboxylic acids is 3. The molecule has 1 heterocycles. The third-order valence-corrected chi connectivity index (χ3v) is 4.62. The predicted octanol–water partition coefficient (Wildman–Crippen LogP) is 3.52. The molecule has 1 aliphatic rings.